The van der Waals surface area contributed by atoms with Gasteiger partial charge in [0.05, 0.1) is 12.6 Å². The zero-order valence-electron chi connectivity index (χ0n) is 12.6. The van der Waals surface area contributed by atoms with Crippen molar-refractivity contribution in [2.24, 2.45) is 12.0 Å². The van der Waals surface area contributed by atoms with E-state index in [0.717, 1.165) is 11.4 Å². The van der Waals surface area contributed by atoms with Crippen molar-refractivity contribution < 1.29 is 0 Å². The van der Waals surface area contributed by atoms with Crippen LogP contribution in [-0.4, -0.2) is 27.8 Å². The number of aromatic nitrogens is 3. The summed E-state index contributed by atoms with van der Waals surface area (Å²) in [7, 11) is 3.60. The molecule has 1 aromatic carbocycles. The lowest BCUT2D eigenvalue weighted by molar-refractivity contribution is 0.669. The summed E-state index contributed by atoms with van der Waals surface area (Å²) in [4.78, 5) is 4.20. The van der Waals surface area contributed by atoms with Crippen molar-refractivity contribution in [2.75, 3.05) is 7.05 Å². The van der Waals surface area contributed by atoms with E-state index in [1.165, 1.54) is 0 Å². The van der Waals surface area contributed by atoms with E-state index in [1.54, 1.807) is 19.4 Å². The third-order valence-electron chi connectivity index (χ3n) is 3.22. The molecule has 0 spiro atoms. The highest BCUT2D eigenvalue weighted by Gasteiger charge is 2.12. The molecule has 0 radical (unpaired) electrons. The number of halogens is 2. The number of aryl methyl sites for hydroxylation is 1. The van der Waals surface area contributed by atoms with Crippen LogP contribution in [0.15, 0.2) is 29.5 Å². The van der Waals surface area contributed by atoms with Gasteiger partial charge < -0.3 is 15.2 Å². The summed E-state index contributed by atoms with van der Waals surface area (Å²) in [6, 6.07) is 5.43. The van der Waals surface area contributed by atoms with Crippen molar-refractivity contribution >= 4 is 29.2 Å². The summed E-state index contributed by atoms with van der Waals surface area (Å²) in [6.45, 7) is 2.53. The summed E-state index contributed by atoms with van der Waals surface area (Å²) >= 11 is 12.1. The standard InChI is InChI=1S/C14H18Cl2N6/c1-9(11-5-4-10(15)6-12(11)16)20-14(17-2)18-7-13-21-19-8-22(13)3/h4-6,8-9H,7H2,1-3H3,(H2,17,18,20)/t9-/m1/s1. The SMILES string of the molecule is CN=C(NCc1nncn1C)N[C@H](C)c1ccc(Cl)cc1Cl. The van der Waals surface area contributed by atoms with E-state index >= 15 is 0 Å². The second-order valence-corrected chi connectivity index (χ2v) is 5.66. The Bertz CT molecular complexity index is 667. The molecule has 0 saturated heterocycles. The molecule has 1 aromatic heterocycles. The maximum atomic E-state index is 6.22. The van der Waals surface area contributed by atoms with Crippen molar-refractivity contribution in [3.8, 4) is 0 Å². The van der Waals surface area contributed by atoms with Crippen LogP contribution < -0.4 is 10.6 Å². The molecule has 0 amide bonds. The highest BCUT2D eigenvalue weighted by Crippen LogP contribution is 2.25. The van der Waals surface area contributed by atoms with Crippen LogP contribution in [0.25, 0.3) is 0 Å². The van der Waals surface area contributed by atoms with Crippen molar-refractivity contribution in [1.29, 1.82) is 0 Å². The Morgan fingerprint density at radius 2 is 2.18 bits per heavy atom. The first-order valence-corrected chi connectivity index (χ1v) is 7.52. The van der Waals surface area contributed by atoms with Gasteiger partial charge in [0, 0.05) is 24.1 Å². The summed E-state index contributed by atoms with van der Waals surface area (Å²) in [5, 5.41) is 15.6. The van der Waals surface area contributed by atoms with Crippen LogP contribution in [0.4, 0.5) is 0 Å². The molecular weight excluding hydrogens is 323 g/mol. The Morgan fingerprint density at radius 3 is 2.77 bits per heavy atom. The second-order valence-electron chi connectivity index (χ2n) is 4.82. The van der Waals surface area contributed by atoms with Gasteiger partial charge in [-0.1, -0.05) is 29.3 Å². The van der Waals surface area contributed by atoms with Gasteiger partial charge in [0.15, 0.2) is 11.8 Å². The predicted octanol–water partition coefficient (Wildman–Crippen LogP) is 2.55. The van der Waals surface area contributed by atoms with Crippen LogP contribution in [0.5, 0.6) is 0 Å². The van der Waals surface area contributed by atoms with Gasteiger partial charge in [-0.05, 0) is 24.6 Å². The quantitative estimate of drug-likeness (QED) is 0.663. The number of nitrogens with one attached hydrogen (secondary N) is 2. The van der Waals surface area contributed by atoms with Gasteiger partial charge in [0.1, 0.15) is 6.33 Å². The summed E-state index contributed by atoms with van der Waals surface area (Å²) in [6.07, 6.45) is 1.66. The van der Waals surface area contributed by atoms with E-state index < -0.39 is 0 Å². The number of aliphatic imine (C=N–C) groups is 1. The van der Waals surface area contributed by atoms with Gasteiger partial charge in [-0.2, -0.15) is 0 Å². The van der Waals surface area contributed by atoms with Crippen LogP contribution in [0.3, 0.4) is 0 Å². The predicted molar refractivity (Wildman–Crippen MR) is 89.2 cm³/mol. The lowest BCUT2D eigenvalue weighted by Crippen LogP contribution is -2.38. The summed E-state index contributed by atoms with van der Waals surface area (Å²) < 4.78 is 1.85. The molecule has 0 aliphatic rings. The molecule has 2 rings (SSSR count). The number of benzene rings is 1. The Labute approximate surface area is 139 Å². The fourth-order valence-corrected chi connectivity index (χ4v) is 2.53. The van der Waals surface area contributed by atoms with Crippen molar-refractivity contribution in [1.82, 2.24) is 25.4 Å². The lowest BCUT2D eigenvalue weighted by atomic mass is 10.1. The number of guanidine groups is 1. The molecule has 0 unspecified atom stereocenters. The number of hydrogen-bond donors (Lipinski definition) is 2. The van der Waals surface area contributed by atoms with E-state index in [4.69, 9.17) is 23.2 Å². The second kappa shape index (κ2) is 7.47. The molecule has 2 N–H and O–H groups in total. The highest BCUT2D eigenvalue weighted by atomic mass is 35.5. The minimum atomic E-state index is -0.0181. The molecule has 6 nitrogen and oxygen atoms in total. The molecule has 0 bridgehead atoms. The van der Waals surface area contributed by atoms with Crippen LogP contribution in [0.1, 0.15) is 24.4 Å². The summed E-state index contributed by atoms with van der Waals surface area (Å²) in [5.41, 5.74) is 0.952. The Balaban J connectivity index is 1.99. The minimum Gasteiger partial charge on any atom is -0.350 e. The zero-order chi connectivity index (χ0) is 16.1. The average molecular weight is 341 g/mol. The molecule has 0 aliphatic carbocycles. The van der Waals surface area contributed by atoms with Crippen molar-refractivity contribution in [2.45, 2.75) is 19.5 Å². The maximum Gasteiger partial charge on any atom is 0.191 e. The first-order chi connectivity index (χ1) is 10.5. The van der Waals surface area contributed by atoms with Gasteiger partial charge in [-0.15, -0.1) is 10.2 Å². The van der Waals surface area contributed by atoms with Gasteiger partial charge >= 0.3 is 0 Å². The first-order valence-electron chi connectivity index (χ1n) is 6.76. The fourth-order valence-electron chi connectivity index (χ4n) is 1.96. The van der Waals surface area contributed by atoms with Crippen LogP contribution in [0, 0.1) is 0 Å². The molecule has 8 heteroatoms. The van der Waals surface area contributed by atoms with E-state index in [2.05, 4.69) is 25.8 Å². The molecule has 22 heavy (non-hydrogen) atoms. The van der Waals surface area contributed by atoms with E-state index in [-0.39, 0.29) is 6.04 Å². The molecular formula is C14H18Cl2N6. The molecule has 0 fully saturated rings. The van der Waals surface area contributed by atoms with Crippen LogP contribution in [0.2, 0.25) is 10.0 Å². The molecule has 0 aliphatic heterocycles. The van der Waals surface area contributed by atoms with Gasteiger partial charge in [-0.25, -0.2) is 0 Å². The lowest BCUT2D eigenvalue weighted by Gasteiger charge is -2.19. The minimum absolute atomic E-state index is 0.0181. The molecule has 1 heterocycles. The number of rotatable bonds is 4. The third-order valence-corrected chi connectivity index (χ3v) is 3.79. The normalized spacial score (nSPS) is 13.0. The van der Waals surface area contributed by atoms with Gasteiger partial charge in [0.25, 0.3) is 0 Å². The third kappa shape index (κ3) is 4.11. The molecule has 118 valence electrons. The Hall–Kier alpha value is -1.79. The van der Waals surface area contributed by atoms with Gasteiger partial charge in [-0.3, -0.25) is 4.99 Å². The summed E-state index contributed by atoms with van der Waals surface area (Å²) in [5.74, 6) is 1.47. The van der Waals surface area contributed by atoms with Gasteiger partial charge in [0.2, 0.25) is 0 Å². The average Bonchev–Trinajstić information content (AvgIpc) is 2.88. The van der Waals surface area contributed by atoms with Crippen LogP contribution >= 0.6 is 23.2 Å². The number of hydrogen-bond acceptors (Lipinski definition) is 3. The largest absolute Gasteiger partial charge is 0.350 e. The van der Waals surface area contributed by atoms with Crippen LogP contribution in [-0.2, 0) is 13.6 Å². The monoisotopic (exact) mass is 340 g/mol. The van der Waals surface area contributed by atoms with Crippen molar-refractivity contribution in [3.05, 3.63) is 46.0 Å². The topological polar surface area (TPSA) is 67.1 Å². The molecule has 2 aromatic rings. The van der Waals surface area contributed by atoms with Crippen molar-refractivity contribution in [3.63, 3.8) is 0 Å². The Morgan fingerprint density at radius 1 is 1.41 bits per heavy atom. The fraction of sp³-hybridized carbons (Fsp3) is 0.357. The van der Waals surface area contributed by atoms with E-state index in [1.807, 2.05) is 30.7 Å². The van der Waals surface area contributed by atoms with E-state index in [0.29, 0.717) is 22.5 Å². The highest BCUT2D eigenvalue weighted by molar-refractivity contribution is 6.35. The zero-order valence-corrected chi connectivity index (χ0v) is 14.2. The maximum absolute atomic E-state index is 6.22. The van der Waals surface area contributed by atoms with E-state index in [9.17, 15) is 0 Å². The first kappa shape index (κ1) is 16.6. The smallest absolute Gasteiger partial charge is 0.191 e. The number of nitrogens with zero attached hydrogens (tertiary/aromatic N) is 4. The Kier molecular flexibility index (Phi) is 5.63. The molecule has 1 atom stereocenters. The molecule has 0 saturated carbocycles.